The van der Waals surface area contributed by atoms with Crippen molar-refractivity contribution in [3.8, 4) is 0 Å². The third-order valence-corrected chi connectivity index (χ3v) is 3.36. The molecule has 16 heavy (non-hydrogen) atoms. The average Bonchev–Trinajstić information content (AvgIpc) is 2.23. The van der Waals surface area contributed by atoms with Crippen LogP contribution in [0.4, 0.5) is 0 Å². The Bertz CT molecular complexity index is 279. The standard InChI is InChI=1S/C8H19NO6S/c1-2-3-7(16(13,14)15)9-8(4-10,5-11)6-12/h7,9-12H,2-6H2,1H3,(H,13,14,15). The van der Waals surface area contributed by atoms with Crippen LogP contribution in [0.3, 0.4) is 0 Å². The highest BCUT2D eigenvalue weighted by Gasteiger charge is 2.34. The average molecular weight is 257 g/mol. The maximum absolute atomic E-state index is 11.0. The van der Waals surface area contributed by atoms with Crippen molar-refractivity contribution in [3.05, 3.63) is 0 Å². The number of hydrogen-bond acceptors (Lipinski definition) is 6. The molecule has 0 aliphatic rings. The van der Waals surface area contributed by atoms with E-state index in [1.165, 1.54) is 0 Å². The van der Waals surface area contributed by atoms with E-state index in [0.717, 1.165) is 0 Å². The number of aliphatic hydroxyl groups excluding tert-OH is 3. The van der Waals surface area contributed by atoms with Crippen molar-refractivity contribution in [1.82, 2.24) is 5.32 Å². The molecule has 0 aromatic rings. The molecule has 0 spiro atoms. The zero-order chi connectivity index (χ0) is 12.8. The lowest BCUT2D eigenvalue weighted by Crippen LogP contribution is -2.60. The van der Waals surface area contributed by atoms with Gasteiger partial charge in [0.05, 0.1) is 25.4 Å². The van der Waals surface area contributed by atoms with E-state index < -0.39 is 40.9 Å². The highest BCUT2D eigenvalue weighted by Crippen LogP contribution is 2.11. The van der Waals surface area contributed by atoms with E-state index in [1.807, 2.05) is 0 Å². The summed E-state index contributed by atoms with van der Waals surface area (Å²) in [7, 11) is -4.33. The molecule has 0 aromatic heterocycles. The summed E-state index contributed by atoms with van der Waals surface area (Å²) in [4.78, 5) is 0. The highest BCUT2D eigenvalue weighted by atomic mass is 32.2. The van der Waals surface area contributed by atoms with Gasteiger partial charge in [-0.15, -0.1) is 0 Å². The summed E-state index contributed by atoms with van der Waals surface area (Å²) in [6.07, 6.45) is 0.594. The van der Waals surface area contributed by atoms with Crippen LogP contribution in [-0.4, -0.2) is 59.0 Å². The fraction of sp³-hybridized carbons (Fsp3) is 1.00. The fourth-order valence-corrected chi connectivity index (χ4v) is 2.12. The summed E-state index contributed by atoms with van der Waals surface area (Å²) >= 11 is 0. The van der Waals surface area contributed by atoms with Crippen molar-refractivity contribution in [2.45, 2.75) is 30.7 Å². The van der Waals surface area contributed by atoms with E-state index in [0.29, 0.717) is 6.42 Å². The summed E-state index contributed by atoms with van der Waals surface area (Å²) in [6, 6.07) is 0. The van der Waals surface area contributed by atoms with Gasteiger partial charge in [-0.3, -0.25) is 9.87 Å². The molecule has 1 unspecified atom stereocenters. The second kappa shape index (κ2) is 6.48. The molecule has 0 fully saturated rings. The van der Waals surface area contributed by atoms with E-state index in [2.05, 4.69) is 5.32 Å². The minimum atomic E-state index is -4.33. The molecule has 0 bridgehead atoms. The van der Waals surface area contributed by atoms with E-state index >= 15 is 0 Å². The molecular formula is C8H19NO6S. The third kappa shape index (κ3) is 4.32. The summed E-state index contributed by atoms with van der Waals surface area (Å²) < 4.78 is 30.9. The molecule has 0 radical (unpaired) electrons. The SMILES string of the molecule is CCCC(NC(CO)(CO)CO)S(=O)(=O)O. The number of aliphatic hydroxyl groups is 3. The Balaban J connectivity index is 4.85. The van der Waals surface area contributed by atoms with Crippen LogP contribution in [0.2, 0.25) is 0 Å². The van der Waals surface area contributed by atoms with Crippen LogP contribution in [0, 0.1) is 0 Å². The van der Waals surface area contributed by atoms with Gasteiger partial charge in [0.15, 0.2) is 0 Å². The Morgan fingerprint density at radius 2 is 1.62 bits per heavy atom. The molecule has 1 atom stereocenters. The first-order valence-corrected chi connectivity index (χ1v) is 6.42. The molecule has 0 saturated carbocycles. The monoisotopic (exact) mass is 257 g/mol. The Labute approximate surface area is 94.9 Å². The van der Waals surface area contributed by atoms with Gasteiger partial charge in [-0.2, -0.15) is 8.42 Å². The predicted octanol–water partition coefficient (Wildman–Crippen LogP) is -1.69. The molecule has 98 valence electrons. The second-order valence-corrected chi connectivity index (χ2v) is 5.29. The first-order valence-electron chi connectivity index (χ1n) is 4.91. The normalized spacial score (nSPS) is 15.1. The van der Waals surface area contributed by atoms with E-state index in [9.17, 15) is 8.42 Å². The number of hydrogen-bond donors (Lipinski definition) is 5. The molecule has 0 aliphatic carbocycles. The van der Waals surface area contributed by atoms with Gasteiger partial charge in [0.25, 0.3) is 10.1 Å². The Morgan fingerprint density at radius 1 is 1.19 bits per heavy atom. The van der Waals surface area contributed by atoms with Gasteiger partial charge in [0, 0.05) is 0 Å². The first kappa shape index (κ1) is 15.8. The van der Waals surface area contributed by atoms with Crippen LogP contribution < -0.4 is 5.32 Å². The second-order valence-electron chi connectivity index (χ2n) is 3.69. The van der Waals surface area contributed by atoms with Crippen molar-refractivity contribution >= 4 is 10.1 Å². The number of nitrogens with one attached hydrogen (secondary N) is 1. The highest BCUT2D eigenvalue weighted by molar-refractivity contribution is 7.86. The molecule has 0 aromatic carbocycles. The van der Waals surface area contributed by atoms with Gasteiger partial charge in [-0.25, -0.2) is 0 Å². The van der Waals surface area contributed by atoms with Crippen LogP contribution in [0.5, 0.6) is 0 Å². The van der Waals surface area contributed by atoms with Crippen molar-refractivity contribution in [2.75, 3.05) is 19.8 Å². The van der Waals surface area contributed by atoms with Crippen LogP contribution in [-0.2, 0) is 10.1 Å². The lowest BCUT2D eigenvalue weighted by atomic mass is 10.0. The summed E-state index contributed by atoms with van der Waals surface area (Å²) in [6.45, 7) is -0.209. The Morgan fingerprint density at radius 3 is 1.88 bits per heavy atom. The van der Waals surface area contributed by atoms with E-state index in [1.54, 1.807) is 6.92 Å². The van der Waals surface area contributed by atoms with Gasteiger partial charge in [0.1, 0.15) is 5.37 Å². The molecule has 8 heteroatoms. The van der Waals surface area contributed by atoms with Gasteiger partial charge < -0.3 is 15.3 Å². The molecule has 0 aliphatic heterocycles. The largest absolute Gasteiger partial charge is 0.394 e. The number of rotatable bonds is 8. The predicted molar refractivity (Wildman–Crippen MR) is 57.4 cm³/mol. The van der Waals surface area contributed by atoms with Crippen molar-refractivity contribution < 1.29 is 28.3 Å². The first-order chi connectivity index (χ1) is 7.35. The maximum Gasteiger partial charge on any atom is 0.281 e. The van der Waals surface area contributed by atoms with E-state index in [-0.39, 0.29) is 6.42 Å². The zero-order valence-electron chi connectivity index (χ0n) is 9.13. The van der Waals surface area contributed by atoms with Gasteiger partial charge in [-0.05, 0) is 6.42 Å². The van der Waals surface area contributed by atoms with Gasteiger partial charge in [-0.1, -0.05) is 13.3 Å². The molecule has 0 rings (SSSR count). The topological polar surface area (TPSA) is 127 Å². The molecule has 0 heterocycles. The van der Waals surface area contributed by atoms with Gasteiger partial charge in [0.2, 0.25) is 0 Å². The summed E-state index contributed by atoms with van der Waals surface area (Å²) in [5.41, 5.74) is -1.52. The summed E-state index contributed by atoms with van der Waals surface area (Å²) in [5, 5.41) is 28.1. The lowest BCUT2D eigenvalue weighted by Gasteiger charge is -2.32. The van der Waals surface area contributed by atoms with E-state index in [4.69, 9.17) is 19.9 Å². The van der Waals surface area contributed by atoms with Crippen LogP contribution in [0.25, 0.3) is 0 Å². The minimum absolute atomic E-state index is 0.112. The fourth-order valence-electron chi connectivity index (χ4n) is 1.19. The molecule has 7 nitrogen and oxygen atoms in total. The third-order valence-electron chi connectivity index (χ3n) is 2.29. The van der Waals surface area contributed by atoms with Crippen LogP contribution in [0.15, 0.2) is 0 Å². The maximum atomic E-state index is 11.0. The summed E-state index contributed by atoms with van der Waals surface area (Å²) in [5.74, 6) is 0. The molecular weight excluding hydrogens is 238 g/mol. The Hall–Kier alpha value is -0.250. The van der Waals surface area contributed by atoms with Crippen LogP contribution in [0.1, 0.15) is 19.8 Å². The smallest absolute Gasteiger partial charge is 0.281 e. The molecule has 5 N–H and O–H groups in total. The quantitative estimate of drug-likeness (QED) is 0.328. The van der Waals surface area contributed by atoms with Crippen LogP contribution >= 0.6 is 0 Å². The molecule has 0 saturated heterocycles. The van der Waals surface area contributed by atoms with Crippen molar-refractivity contribution in [3.63, 3.8) is 0 Å². The minimum Gasteiger partial charge on any atom is -0.394 e. The molecule has 0 amide bonds. The van der Waals surface area contributed by atoms with Crippen molar-refractivity contribution in [2.24, 2.45) is 0 Å². The van der Waals surface area contributed by atoms with Gasteiger partial charge >= 0.3 is 0 Å². The lowest BCUT2D eigenvalue weighted by molar-refractivity contribution is 0.0390. The van der Waals surface area contributed by atoms with Crippen molar-refractivity contribution in [1.29, 1.82) is 0 Å². The Kier molecular flexibility index (Phi) is 6.38. The zero-order valence-corrected chi connectivity index (χ0v) is 9.94.